The third-order valence-corrected chi connectivity index (χ3v) is 1.93. The maximum absolute atomic E-state index is 12.9. The third kappa shape index (κ3) is 3.36. The molecular weight excluding hydrogens is 236 g/mol. The number of carbonyl (C=O) groups is 1. The molecule has 0 spiro atoms. The van der Waals surface area contributed by atoms with Crippen molar-refractivity contribution >= 4 is 11.7 Å². The molecule has 0 heterocycles. The number of benzene rings is 1. The summed E-state index contributed by atoms with van der Waals surface area (Å²) in [6.45, 7) is -1.05. The summed E-state index contributed by atoms with van der Waals surface area (Å²) in [5.74, 6) is -3.41. The summed E-state index contributed by atoms with van der Waals surface area (Å²) in [5.41, 5.74) is 4.70. The molecule has 1 atom stereocenters. The maximum Gasteiger partial charge on any atom is 0.340 e. The average molecular weight is 247 g/mol. The summed E-state index contributed by atoms with van der Waals surface area (Å²) in [6.07, 6.45) is -1.23. The zero-order chi connectivity index (χ0) is 13.0. The summed E-state index contributed by atoms with van der Waals surface area (Å²) in [4.78, 5) is 11.4. The number of aliphatic hydroxyl groups is 2. The molecule has 5 nitrogen and oxygen atoms in total. The zero-order valence-corrected chi connectivity index (χ0v) is 8.69. The van der Waals surface area contributed by atoms with Crippen LogP contribution in [0.2, 0.25) is 0 Å². The van der Waals surface area contributed by atoms with E-state index in [1.165, 1.54) is 0 Å². The fourth-order valence-electron chi connectivity index (χ4n) is 1.04. The largest absolute Gasteiger partial charge is 0.459 e. The van der Waals surface area contributed by atoms with Gasteiger partial charge in [0.05, 0.1) is 12.2 Å². The highest BCUT2D eigenvalue weighted by Gasteiger charge is 2.16. The van der Waals surface area contributed by atoms with Crippen LogP contribution in [0.5, 0.6) is 0 Å². The van der Waals surface area contributed by atoms with E-state index < -0.39 is 36.9 Å². The van der Waals surface area contributed by atoms with E-state index in [0.29, 0.717) is 12.1 Å². The van der Waals surface area contributed by atoms with Gasteiger partial charge in [0.1, 0.15) is 12.7 Å². The van der Waals surface area contributed by atoms with Gasteiger partial charge in [-0.2, -0.15) is 0 Å². The minimum absolute atomic E-state index is 0.271. The molecule has 0 aliphatic carbocycles. The number of carbonyl (C=O) groups excluding carboxylic acids is 1. The summed E-state index contributed by atoms with van der Waals surface area (Å²) in [7, 11) is 0. The number of hydrogen-bond acceptors (Lipinski definition) is 5. The van der Waals surface area contributed by atoms with Gasteiger partial charge in [-0.3, -0.25) is 0 Å². The van der Waals surface area contributed by atoms with Crippen LogP contribution in [0.15, 0.2) is 12.1 Å². The Morgan fingerprint density at radius 1 is 1.41 bits per heavy atom. The molecule has 0 aliphatic heterocycles. The first-order valence-electron chi connectivity index (χ1n) is 4.66. The highest BCUT2D eigenvalue weighted by Crippen LogP contribution is 2.17. The van der Waals surface area contributed by atoms with Crippen molar-refractivity contribution in [3.63, 3.8) is 0 Å². The van der Waals surface area contributed by atoms with Gasteiger partial charge in [-0.05, 0) is 6.07 Å². The SMILES string of the molecule is Nc1cc(F)c(F)cc1C(=O)OCC(O)CO. The van der Waals surface area contributed by atoms with Gasteiger partial charge >= 0.3 is 5.97 Å². The molecule has 0 bridgehead atoms. The molecule has 7 heteroatoms. The number of ether oxygens (including phenoxy) is 1. The Kier molecular flexibility index (Phi) is 4.36. The second-order valence-electron chi connectivity index (χ2n) is 3.29. The van der Waals surface area contributed by atoms with Gasteiger partial charge in [-0.1, -0.05) is 0 Å². The molecule has 1 unspecified atom stereocenters. The van der Waals surface area contributed by atoms with E-state index in [2.05, 4.69) is 4.74 Å². The lowest BCUT2D eigenvalue weighted by atomic mass is 10.1. The molecule has 0 saturated heterocycles. The van der Waals surface area contributed by atoms with E-state index in [-0.39, 0.29) is 11.3 Å². The van der Waals surface area contributed by atoms with Gasteiger partial charge in [0, 0.05) is 11.8 Å². The fraction of sp³-hybridized carbons (Fsp3) is 0.300. The molecule has 1 aromatic rings. The van der Waals surface area contributed by atoms with E-state index in [0.717, 1.165) is 0 Å². The standard InChI is InChI=1S/C10H11F2NO4/c11-7-1-6(9(13)2-8(7)12)10(16)17-4-5(15)3-14/h1-2,5,14-15H,3-4,13H2. The predicted molar refractivity (Wildman–Crippen MR) is 54.1 cm³/mol. The molecule has 0 aromatic heterocycles. The number of rotatable bonds is 4. The molecule has 0 saturated carbocycles. The maximum atomic E-state index is 12.9. The second kappa shape index (κ2) is 5.55. The van der Waals surface area contributed by atoms with Gasteiger partial charge in [0.2, 0.25) is 0 Å². The monoisotopic (exact) mass is 247 g/mol. The van der Waals surface area contributed by atoms with Crippen LogP contribution in [0, 0.1) is 11.6 Å². The minimum Gasteiger partial charge on any atom is -0.459 e. The molecule has 1 aromatic carbocycles. The van der Waals surface area contributed by atoms with Crippen LogP contribution < -0.4 is 5.73 Å². The normalized spacial score (nSPS) is 12.2. The van der Waals surface area contributed by atoms with Crippen LogP contribution >= 0.6 is 0 Å². The highest BCUT2D eigenvalue weighted by atomic mass is 19.2. The lowest BCUT2D eigenvalue weighted by Crippen LogP contribution is -2.22. The number of hydrogen-bond donors (Lipinski definition) is 3. The van der Waals surface area contributed by atoms with Crippen LogP contribution in [0.25, 0.3) is 0 Å². The Labute approximate surface area is 95.4 Å². The lowest BCUT2D eigenvalue weighted by Gasteiger charge is -2.10. The quantitative estimate of drug-likeness (QED) is 0.516. The topological polar surface area (TPSA) is 92.8 Å². The molecule has 0 fully saturated rings. The average Bonchev–Trinajstić information content (AvgIpc) is 2.30. The van der Waals surface area contributed by atoms with Crippen molar-refractivity contribution in [1.82, 2.24) is 0 Å². The number of nitrogens with two attached hydrogens (primary N) is 1. The molecule has 0 amide bonds. The molecule has 1 rings (SSSR count). The molecule has 4 N–H and O–H groups in total. The number of aliphatic hydroxyl groups excluding tert-OH is 2. The van der Waals surface area contributed by atoms with Gasteiger partial charge in [-0.15, -0.1) is 0 Å². The van der Waals surface area contributed by atoms with Crippen molar-refractivity contribution in [3.8, 4) is 0 Å². The van der Waals surface area contributed by atoms with Crippen molar-refractivity contribution in [1.29, 1.82) is 0 Å². The first kappa shape index (κ1) is 13.3. The zero-order valence-electron chi connectivity index (χ0n) is 8.69. The van der Waals surface area contributed by atoms with Gasteiger partial charge in [0.25, 0.3) is 0 Å². The van der Waals surface area contributed by atoms with Crippen molar-refractivity contribution in [2.75, 3.05) is 18.9 Å². The van der Waals surface area contributed by atoms with Crippen molar-refractivity contribution in [3.05, 3.63) is 29.3 Å². The second-order valence-corrected chi connectivity index (χ2v) is 3.29. The minimum atomic E-state index is -1.23. The van der Waals surface area contributed by atoms with E-state index in [1.807, 2.05) is 0 Å². The Morgan fingerprint density at radius 2 is 2.00 bits per heavy atom. The molecule has 17 heavy (non-hydrogen) atoms. The Morgan fingerprint density at radius 3 is 2.59 bits per heavy atom. The predicted octanol–water partition coefficient (Wildman–Crippen LogP) is 0.0570. The van der Waals surface area contributed by atoms with E-state index in [9.17, 15) is 13.6 Å². The Bertz CT molecular complexity index is 425. The van der Waals surface area contributed by atoms with Gasteiger partial charge < -0.3 is 20.7 Å². The van der Waals surface area contributed by atoms with Crippen molar-refractivity contribution in [2.45, 2.75) is 6.10 Å². The van der Waals surface area contributed by atoms with Gasteiger partial charge in [-0.25, -0.2) is 13.6 Å². The van der Waals surface area contributed by atoms with Crippen molar-refractivity contribution in [2.24, 2.45) is 0 Å². The van der Waals surface area contributed by atoms with Gasteiger partial charge in [0.15, 0.2) is 11.6 Å². The number of halogens is 2. The van der Waals surface area contributed by atoms with Crippen molar-refractivity contribution < 1.29 is 28.5 Å². The summed E-state index contributed by atoms with van der Waals surface area (Å²) in [5, 5.41) is 17.4. The van der Waals surface area contributed by atoms with E-state index >= 15 is 0 Å². The third-order valence-electron chi connectivity index (χ3n) is 1.93. The fourth-order valence-corrected chi connectivity index (χ4v) is 1.04. The van der Waals surface area contributed by atoms with Crippen LogP contribution in [0.1, 0.15) is 10.4 Å². The first-order valence-corrected chi connectivity index (χ1v) is 4.66. The Balaban J connectivity index is 2.79. The molecular formula is C10H11F2NO4. The van der Waals surface area contributed by atoms with E-state index in [4.69, 9.17) is 15.9 Å². The summed E-state index contributed by atoms with van der Waals surface area (Å²) >= 11 is 0. The van der Waals surface area contributed by atoms with E-state index in [1.54, 1.807) is 0 Å². The van der Waals surface area contributed by atoms with Crippen LogP contribution in [0.3, 0.4) is 0 Å². The summed E-state index contributed by atoms with van der Waals surface area (Å²) in [6, 6.07) is 1.27. The first-order chi connectivity index (χ1) is 7.95. The number of anilines is 1. The Hall–Kier alpha value is -1.73. The van der Waals surface area contributed by atoms with Crippen LogP contribution in [-0.4, -0.2) is 35.5 Å². The highest BCUT2D eigenvalue weighted by molar-refractivity contribution is 5.95. The smallest absolute Gasteiger partial charge is 0.340 e. The number of nitrogen functional groups attached to an aromatic ring is 1. The molecule has 0 aliphatic rings. The lowest BCUT2D eigenvalue weighted by molar-refractivity contribution is 0.00937. The van der Waals surface area contributed by atoms with Crippen LogP contribution in [-0.2, 0) is 4.74 Å². The number of esters is 1. The van der Waals surface area contributed by atoms with Crippen LogP contribution in [0.4, 0.5) is 14.5 Å². The molecule has 0 radical (unpaired) electrons. The molecule has 94 valence electrons. The summed E-state index contributed by atoms with van der Waals surface area (Å²) < 4.78 is 30.1.